The lowest BCUT2D eigenvalue weighted by atomic mass is 9.64. The highest BCUT2D eigenvalue weighted by Crippen LogP contribution is 2.70. The quantitative estimate of drug-likeness (QED) is 0.796. The van der Waals surface area contributed by atoms with Gasteiger partial charge in [0.1, 0.15) is 5.41 Å². The maximum atomic E-state index is 13.0. The molecule has 2 atom stereocenters. The molecule has 1 fully saturated rings. The average Bonchev–Trinajstić information content (AvgIpc) is 2.82. The molecule has 23 heavy (non-hydrogen) atoms. The lowest BCUT2D eigenvalue weighted by Gasteiger charge is -2.38. The predicted molar refractivity (Wildman–Crippen MR) is 88.2 cm³/mol. The fraction of sp³-hybridized carbons (Fsp3) is 0.526. The van der Waals surface area contributed by atoms with Crippen LogP contribution in [0.3, 0.4) is 0 Å². The minimum absolute atomic E-state index is 0.142. The molecule has 0 unspecified atom stereocenters. The van der Waals surface area contributed by atoms with E-state index >= 15 is 0 Å². The molecule has 2 aliphatic carbocycles. The summed E-state index contributed by atoms with van der Waals surface area (Å²) in [5, 5.41) is 0. The summed E-state index contributed by atoms with van der Waals surface area (Å²) in [6.07, 6.45) is 1.73. The molecular formula is C19H22N2O2. The van der Waals surface area contributed by atoms with Gasteiger partial charge in [0.25, 0.3) is 0 Å². The maximum absolute atomic E-state index is 13.0. The van der Waals surface area contributed by atoms with E-state index in [0.29, 0.717) is 6.61 Å². The van der Waals surface area contributed by atoms with E-state index in [-0.39, 0.29) is 16.8 Å². The number of hydrogen-bond acceptors (Lipinski definition) is 4. The standard InChI is InChI=1S/C19H22N2O2/c1-5-23-16(22)19-11-10-18(4,17(19,2)3)14-15(19)21-13-9-7-6-8-12(13)20-14/h6-9H,5,10-11H2,1-4H3/t18-,19+/m0/s1. The van der Waals surface area contributed by atoms with Crippen molar-refractivity contribution in [3.8, 4) is 0 Å². The van der Waals surface area contributed by atoms with Crippen LogP contribution in [0.4, 0.5) is 0 Å². The second-order valence-corrected chi connectivity index (χ2v) is 7.49. The molecule has 4 heteroatoms. The Balaban J connectivity index is 2.06. The first-order chi connectivity index (χ1) is 10.9. The Morgan fingerprint density at radius 3 is 2.30 bits per heavy atom. The number of carbonyl (C=O) groups is 1. The Bertz CT molecular complexity index is 829. The van der Waals surface area contributed by atoms with Crippen LogP contribution in [-0.2, 0) is 20.4 Å². The highest BCUT2D eigenvalue weighted by atomic mass is 16.5. The SMILES string of the molecule is CCOC(=O)[C@@]12CC[C@@](C)(c3nc4ccccc4nc31)C2(C)C. The monoisotopic (exact) mass is 310 g/mol. The van der Waals surface area contributed by atoms with Crippen molar-refractivity contribution in [1.82, 2.24) is 9.97 Å². The van der Waals surface area contributed by atoms with E-state index in [4.69, 9.17) is 14.7 Å². The van der Waals surface area contributed by atoms with Gasteiger partial charge >= 0.3 is 5.97 Å². The molecule has 2 bridgehead atoms. The first-order valence-corrected chi connectivity index (χ1v) is 8.33. The molecule has 0 radical (unpaired) electrons. The van der Waals surface area contributed by atoms with Gasteiger partial charge in [-0.1, -0.05) is 32.9 Å². The van der Waals surface area contributed by atoms with Gasteiger partial charge in [0.05, 0.1) is 29.0 Å². The molecule has 2 aromatic rings. The predicted octanol–water partition coefficient (Wildman–Crippen LogP) is 3.52. The van der Waals surface area contributed by atoms with Gasteiger partial charge in [-0.05, 0) is 37.3 Å². The van der Waals surface area contributed by atoms with Crippen molar-refractivity contribution in [3.05, 3.63) is 35.7 Å². The smallest absolute Gasteiger partial charge is 0.318 e. The van der Waals surface area contributed by atoms with Gasteiger partial charge in [-0.2, -0.15) is 0 Å². The summed E-state index contributed by atoms with van der Waals surface area (Å²) in [6, 6.07) is 7.89. The van der Waals surface area contributed by atoms with E-state index in [1.807, 2.05) is 31.2 Å². The zero-order valence-corrected chi connectivity index (χ0v) is 14.1. The fourth-order valence-electron chi connectivity index (χ4n) is 4.75. The number of rotatable bonds is 2. The van der Waals surface area contributed by atoms with Crippen molar-refractivity contribution in [2.75, 3.05) is 6.61 Å². The van der Waals surface area contributed by atoms with Crippen LogP contribution in [0.25, 0.3) is 11.0 Å². The molecule has 0 N–H and O–H groups in total. The molecule has 1 saturated carbocycles. The van der Waals surface area contributed by atoms with Crippen LogP contribution in [0.1, 0.15) is 51.9 Å². The number of nitrogens with zero attached hydrogens (tertiary/aromatic N) is 2. The summed E-state index contributed by atoms with van der Waals surface area (Å²) in [5.41, 5.74) is 2.49. The molecule has 0 amide bonds. The van der Waals surface area contributed by atoms with Crippen LogP contribution in [0, 0.1) is 5.41 Å². The van der Waals surface area contributed by atoms with Crippen LogP contribution in [0.15, 0.2) is 24.3 Å². The molecule has 4 rings (SSSR count). The molecule has 0 spiro atoms. The summed E-state index contributed by atoms with van der Waals surface area (Å²) in [7, 11) is 0. The number of ether oxygens (including phenoxy) is 1. The first-order valence-electron chi connectivity index (χ1n) is 8.33. The van der Waals surface area contributed by atoms with Crippen molar-refractivity contribution < 1.29 is 9.53 Å². The molecule has 4 nitrogen and oxygen atoms in total. The topological polar surface area (TPSA) is 52.1 Å². The Labute approximate surface area is 136 Å². The third-order valence-corrected chi connectivity index (χ3v) is 6.57. The highest BCUT2D eigenvalue weighted by Gasteiger charge is 2.73. The Morgan fingerprint density at radius 1 is 1.09 bits per heavy atom. The average molecular weight is 310 g/mol. The van der Waals surface area contributed by atoms with Crippen molar-refractivity contribution in [1.29, 1.82) is 0 Å². The van der Waals surface area contributed by atoms with E-state index in [1.165, 1.54) is 0 Å². The third-order valence-electron chi connectivity index (χ3n) is 6.57. The van der Waals surface area contributed by atoms with Crippen molar-refractivity contribution >= 4 is 17.0 Å². The largest absolute Gasteiger partial charge is 0.465 e. The zero-order valence-electron chi connectivity index (χ0n) is 14.1. The summed E-state index contributed by atoms with van der Waals surface area (Å²) in [6.45, 7) is 8.82. The minimum Gasteiger partial charge on any atom is -0.465 e. The van der Waals surface area contributed by atoms with E-state index in [9.17, 15) is 4.79 Å². The fourth-order valence-corrected chi connectivity index (χ4v) is 4.75. The molecule has 0 aliphatic heterocycles. The number of aromatic nitrogens is 2. The van der Waals surface area contributed by atoms with Crippen molar-refractivity contribution in [2.24, 2.45) is 5.41 Å². The number of para-hydroxylation sites is 2. The number of fused-ring (bicyclic) bond motifs is 6. The second kappa shape index (κ2) is 4.31. The summed E-state index contributed by atoms with van der Waals surface area (Å²) in [5.74, 6) is -0.142. The Kier molecular flexibility index (Phi) is 2.74. The van der Waals surface area contributed by atoms with E-state index in [2.05, 4.69) is 20.8 Å². The Morgan fingerprint density at radius 2 is 1.70 bits per heavy atom. The van der Waals surface area contributed by atoms with E-state index in [0.717, 1.165) is 35.3 Å². The van der Waals surface area contributed by atoms with Gasteiger partial charge < -0.3 is 4.74 Å². The van der Waals surface area contributed by atoms with Gasteiger partial charge in [-0.25, -0.2) is 9.97 Å². The molecule has 1 aromatic carbocycles. The lowest BCUT2D eigenvalue weighted by Crippen LogP contribution is -2.46. The molecular weight excluding hydrogens is 288 g/mol. The summed E-state index contributed by atoms with van der Waals surface area (Å²) >= 11 is 0. The van der Waals surface area contributed by atoms with Gasteiger partial charge in [0.2, 0.25) is 0 Å². The second-order valence-electron chi connectivity index (χ2n) is 7.49. The molecule has 2 aliphatic rings. The Hall–Kier alpha value is -1.97. The van der Waals surface area contributed by atoms with Gasteiger partial charge in [-0.15, -0.1) is 0 Å². The maximum Gasteiger partial charge on any atom is 0.318 e. The van der Waals surface area contributed by atoms with Gasteiger partial charge in [0.15, 0.2) is 0 Å². The van der Waals surface area contributed by atoms with Crippen molar-refractivity contribution in [2.45, 2.75) is 51.4 Å². The number of hydrogen-bond donors (Lipinski definition) is 0. The number of carbonyl (C=O) groups excluding carboxylic acids is 1. The molecule has 0 saturated heterocycles. The molecule has 1 heterocycles. The molecule has 1 aromatic heterocycles. The number of esters is 1. The summed E-state index contributed by atoms with van der Waals surface area (Å²) < 4.78 is 5.49. The lowest BCUT2D eigenvalue weighted by molar-refractivity contribution is -0.154. The normalized spacial score (nSPS) is 30.4. The molecule has 120 valence electrons. The third kappa shape index (κ3) is 1.45. The summed E-state index contributed by atoms with van der Waals surface area (Å²) in [4.78, 5) is 22.8. The van der Waals surface area contributed by atoms with E-state index in [1.54, 1.807) is 0 Å². The number of benzene rings is 1. The van der Waals surface area contributed by atoms with Crippen molar-refractivity contribution in [3.63, 3.8) is 0 Å². The van der Waals surface area contributed by atoms with E-state index < -0.39 is 5.41 Å². The van der Waals surface area contributed by atoms with Gasteiger partial charge in [-0.3, -0.25) is 4.79 Å². The van der Waals surface area contributed by atoms with Crippen LogP contribution >= 0.6 is 0 Å². The van der Waals surface area contributed by atoms with Gasteiger partial charge in [0, 0.05) is 5.41 Å². The minimum atomic E-state index is -0.676. The van der Waals surface area contributed by atoms with Crippen LogP contribution < -0.4 is 0 Å². The zero-order chi connectivity index (χ0) is 16.5. The van der Waals surface area contributed by atoms with Crippen LogP contribution in [-0.4, -0.2) is 22.5 Å². The van der Waals surface area contributed by atoms with Crippen LogP contribution in [0.5, 0.6) is 0 Å². The van der Waals surface area contributed by atoms with Crippen LogP contribution in [0.2, 0.25) is 0 Å². The highest BCUT2D eigenvalue weighted by molar-refractivity contribution is 5.89. The first kappa shape index (κ1) is 14.6.